The predicted molar refractivity (Wildman–Crippen MR) is 60.6 cm³/mol. The first-order valence-corrected chi connectivity index (χ1v) is 5.76. The van der Waals surface area contributed by atoms with Crippen molar-refractivity contribution in [1.82, 2.24) is 0 Å². The summed E-state index contributed by atoms with van der Waals surface area (Å²) in [5, 5.41) is 0. The molecule has 2 N–H and O–H groups in total. The fourth-order valence-corrected chi connectivity index (χ4v) is 2.80. The Labute approximate surface area is 94.7 Å². The van der Waals surface area contributed by atoms with Crippen LogP contribution >= 0.6 is 0 Å². The van der Waals surface area contributed by atoms with E-state index in [1.165, 1.54) is 0 Å². The van der Waals surface area contributed by atoms with Crippen LogP contribution in [0.3, 0.4) is 0 Å². The summed E-state index contributed by atoms with van der Waals surface area (Å²) in [4.78, 5) is 0. The van der Waals surface area contributed by atoms with Crippen molar-refractivity contribution in [2.75, 3.05) is 6.54 Å². The van der Waals surface area contributed by atoms with Crippen LogP contribution in [0, 0.1) is 0 Å². The fourth-order valence-electron chi connectivity index (χ4n) is 2.80. The second-order valence-electron chi connectivity index (χ2n) is 4.56. The van der Waals surface area contributed by atoms with Crippen molar-refractivity contribution in [3.8, 4) is 0 Å². The average Bonchev–Trinajstić information content (AvgIpc) is 2.81. The molecule has 88 valence electrons. The van der Waals surface area contributed by atoms with Gasteiger partial charge in [-0.15, -0.1) is 0 Å². The molecule has 0 amide bonds. The van der Waals surface area contributed by atoms with Gasteiger partial charge in [-0.2, -0.15) is 0 Å². The van der Waals surface area contributed by atoms with Gasteiger partial charge in [0.25, 0.3) is 5.92 Å². The van der Waals surface area contributed by atoms with Crippen molar-refractivity contribution >= 4 is 0 Å². The summed E-state index contributed by atoms with van der Waals surface area (Å²) < 4.78 is 28.1. The van der Waals surface area contributed by atoms with Gasteiger partial charge in [-0.3, -0.25) is 0 Å². The Kier molecular flexibility index (Phi) is 2.98. The lowest BCUT2D eigenvalue weighted by Gasteiger charge is -2.37. The first-order chi connectivity index (χ1) is 7.62. The highest BCUT2D eigenvalue weighted by Crippen LogP contribution is 2.50. The molecule has 1 saturated carbocycles. The molecule has 2 rings (SSSR count). The molecule has 1 aliphatic rings. The molecule has 16 heavy (non-hydrogen) atoms. The lowest BCUT2D eigenvalue weighted by Crippen LogP contribution is -2.48. The summed E-state index contributed by atoms with van der Waals surface area (Å²) in [7, 11) is 0. The summed E-state index contributed by atoms with van der Waals surface area (Å²) in [5.74, 6) is -2.80. The highest BCUT2D eigenvalue weighted by molar-refractivity contribution is 5.30. The van der Waals surface area contributed by atoms with Crippen LogP contribution in [0.4, 0.5) is 8.78 Å². The maximum atomic E-state index is 14.1. The highest BCUT2D eigenvalue weighted by Gasteiger charge is 2.54. The average molecular weight is 225 g/mol. The van der Waals surface area contributed by atoms with E-state index >= 15 is 0 Å². The number of rotatable bonds is 3. The third-order valence-corrected chi connectivity index (χ3v) is 3.74. The van der Waals surface area contributed by atoms with E-state index in [4.69, 9.17) is 5.73 Å². The quantitative estimate of drug-likeness (QED) is 0.840. The number of benzene rings is 1. The van der Waals surface area contributed by atoms with E-state index in [1.807, 2.05) is 18.2 Å². The van der Waals surface area contributed by atoms with E-state index in [-0.39, 0.29) is 0 Å². The molecular weight excluding hydrogens is 208 g/mol. The topological polar surface area (TPSA) is 26.0 Å². The molecule has 0 radical (unpaired) electrons. The van der Waals surface area contributed by atoms with Crippen LogP contribution in [-0.4, -0.2) is 12.5 Å². The van der Waals surface area contributed by atoms with Crippen LogP contribution < -0.4 is 5.73 Å². The molecule has 3 heteroatoms. The number of hydrogen-bond acceptors (Lipinski definition) is 1. The van der Waals surface area contributed by atoms with E-state index < -0.39 is 17.9 Å². The van der Waals surface area contributed by atoms with Gasteiger partial charge in [0.15, 0.2) is 0 Å². The molecule has 0 bridgehead atoms. The summed E-state index contributed by atoms with van der Waals surface area (Å²) in [6.45, 7) is -0.568. The third-order valence-electron chi connectivity index (χ3n) is 3.74. The van der Waals surface area contributed by atoms with E-state index in [1.54, 1.807) is 12.1 Å². The monoisotopic (exact) mass is 225 g/mol. The van der Waals surface area contributed by atoms with Gasteiger partial charge in [-0.25, -0.2) is 8.78 Å². The summed E-state index contributed by atoms with van der Waals surface area (Å²) in [5.41, 5.74) is 4.97. The summed E-state index contributed by atoms with van der Waals surface area (Å²) in [6.07, 6.45) is 2.82. The Morgan fingerprint density at radius 3 is 2.19 bits per heavy atom. The SMILES string of the molecule is NCC(F)(F)C1(c2ccccc2)CCCC1. The zero-order valence-electron chi connectivity index (χ0n) is 9.26. The van der Waals surface area contributed by atoms with Crippen molar-refractivity contribution in [3.05, 3.63) is 35.9 Å². The van der Waals surface area contributed by atoms with E-state index in [0.717, 1.165) is 18.4 Å². The van der Waals surface area contributed by atoms with Crippen LogP contribution in [0.5, 0.6) is 0 Å². The van der Waals surface area contributed by atoms with E-state index in [2.05, 4.69) is 0 Å². The van der Waals surface area contributed by atoms with Gasteiger partial charge < -0.3 is 5.73 Å². The van der Waals surface area contributed by atoms with Crippen molar-refractivity contribution in [2.45, 2.75) is 37.0 Å². The third kappa shape index (κ3) is 1.63. The minimum Gasteiger partial charge on any atom is -0.325 e. The van der Waals surface area contributed by atoms with Gasteiger partial charge >= 0.3 is 0 Å². The lowest BCUT2D eigenvalue weighted by atomic mass is 9.73. The second kappa shape index (κ2) is 4.13. The van der Waals surface area contributed by atoms with Gasteiger partial charge in [0.2, 0.25) is 0 Å². The molecule has 0 aliphatic heterocycles. The fraction of sp³-hybridized carbons (Fsp3) is 0.538. The van der Waals surface area contributed by atoms with Crippen molar-refractivity contribution in [3.63, 3.8) is 0 Å². The zero-order valence-corrected chi connectivity index (χ0v) is 9.26. The molecular formula is C13H17F2N. The first kappa shape index (κ1) is 11.5. The Morgan fingerprint density at radius 2 is 1.69 bits per heavy atom. The number of nitrogens with two attached hydrogens (primary N) is 1. The maximum absolute atomic E-state index is 14.1. The van der Waals surface area contributed by atoms with Crippen molar-refractivity contribution < 1.29 is 8.78 Å². The standard InChI is InChI=1S/C13H17F2N/c14-13(15,10-16)12(8-4-5-9-12)11-6-2-1-3-7-11/h1-3,6-7H,4-5,8-10,16H2. The van der Waals surface area contributed by atoms with Crippen molar-refractivity contribution in [1.29, 1.82) is 0 Å². The van der Waals surface area contributed by atoms with E-state index in [9.17, 15) is 8.78 Å². The van der Waals surface area contributed by atoms with Gasteiger partial charge in [0, 0.05) is 0 Å². The predicted octanol–water partition coefficient (Wildman–Crippen LogP) is 3.09. The molecule has 1 aliphatic carbocycles. The number of alkyl halides is 2. The van der Waals surface area contributed by atoms with Crippen molar-refractivity contribution in [2.24, 2.45) is 5.73 Å². The minimum atomic E-state index is -2.80. The molecule has 1 aromatic rings. The van der Waals surface area contributed by atoms with Gasteiger partial charge in [-0.05, 0) is 18.4 Å². The maximum Gasteiger partial charge on any atom is 0.269 e. The Morgan fingerprint density at radius 1 is 1.12 bits per heavy atom. The molecule has 0 unspecified atom stereocenters. The van der Waals surface area contributed by atoms with Crippen LogP contribution in [0.15, 0.2) is 30.3 Å². The Hall–Kier alpha value is -0.960. The van der Waals surface area contributed by atoms with Crippen LogP contribution in [0.25, 0.3) is 0 Å². The van der Waals surface area contributed by atoms with Gasteiger partial charge in [0.1, 0.15) is 0 Å². The van der Waals surface area contributed by atoms with Crippen LogP contribution in [0.1, 0.15) is 31.2 Å². The smallest absolute Gasteiger partial charge is 0.269 e. The lowest BCUT2D eigenvalue weighted by molar-refractivity contribution is -0.0687. The molecule has 1 fully saturated rings. The summed E-state index contributed by atoms with van der Waals surface area (Å²) >= 11 is 0. The molecule has 0 saturated heterocycles. The Bertz CT molecular complexity index is 342. The second-order valence-corrected chi connectivity index (χ2v) is 4.56. The van der Waals surface area contributed by atoms with Crippen LogP contribution in [0.2, 0.25) is 0 Å². The molecule has 0 aromatic heterocycles. The molecule has 0 spiro atoms. The summed E-state index contributed by atoms with van der Waals surface area (Å²) in [6, 6.07) is 9.10. The van der Waals surface area contributed by atoms with Gasteiger partial charge in [0.05, 0.1) is 12.0 Å². The molecule has 1 aromatic carbocycles. The highest BCUT2D eigenvalue weighted by atomic mass is 19.3. The number of hydrogen-bond donors (Lipinski definition) is 1. The largest absolute Gasteiger partial charge is 0.325 e. The van der Waals surface area contributed by atoms with Crippen LogP contribution in [-0.2, 0) is 5.41 Å². The molecule has 1 nitrogen and oxygen atoms in total. The molecule has 0 atom stereocenters. The van der Waals surface area contributed by atoms with Gasteiger partial charge in [-0.1, -0.05) is 43.2 Å². The van der Waals surface area contributed by atoms with E-state index in [0.29, 0.717) is 12.8 Å². The normalized spacial score (nSPS) is 19.9. The minimum absolute atomic E-state index is 0.543. The first-order valence-electron chi connectivity index (χ1n) is 5.76. The number of halogens is 2. The zero-order chi connectivity index (χ0) is 11.6. The Balaban J connectivity index is 2.44. The molecule has 0 heterocycles.